The number of nitrogens with zero attached hydrogens (tertiary/aromatic N) is 1. The molecule has 0 N–H and O–H groups in total. The summed E-state index contributed by atoms with van der Waals surface area (Å²) in [6, 6.07) is 11.1. The first kappa shape index (κ1) is 16.4. The van der Waals surface area contributed by atoms with Crippen LogP contribution in [0.15, 0.2) is 42.0 Å². The predicted octanol–water partition coefficient (Wildman–Crippen LogP) is 4.56. The van der Waals surface area contributed by atoms with Gasteiger partial charge < -0.3 is 9.22 Å². The lowest BCUT2D eigenvalue weighted by Crippen LogP contribution is -2.57. The molecule has 1 aliphatic carbocycles. The van der Waals surface area contributed by atoms with Crippen molar-refractivity contribution in [3.8, 4) is 0 Å². The Bertz CT molecular complexity index is 573. The number of hydrogen-bond donors (Lipinski definition) is 0. The van der Waals surface area contributed by atoms with E-state index in [0.29, 0.717) is 12.0 Å². The van der Waals surface area contributed by atoms with Crippen molar-refractivity contribution >= 4 is 0 Å². The SMILES string of the molecule is CC1=CC[C@@H]2CO[C@H](C[N+]3(Cc4ccccc4)CCCCC3)[C@H]1C2. The molecule has 130 valence electrons. The number of allylic oxidation sites excluding steroid dienone is 1. The number of benzene rings is 1. The van der Waals surface area contributed by atoms with Gasteiger partial charge in [0, 0.05) is 11.5 Å². The molecular weight excluding hydrogens is 294 g/mol. The number of likely N-dealkylation sites (tertiary alicyclic amines) is 1. The Morgan fingerprint density at radius 1 is 1.08 bits per heavy atom. The van der Waals surface area contributed by atoms with Crippen LogP contribution in [0.4, 0.5) is 0 Å². The number of ether oxygens (including phenoxy) is 1. The van der Waals surface area contributed by atoms with Crippen LogP contribution in [0.5, 0.6) is 0 Å². The molecule has 24 heavy (non-hydrogen) atoms. The van der Waals surface area contributed by atoms with Gasteiger partial charge in [0.2, 0.25) is 0 Å². The fraction of sp³-hybridized carbons (Fsp3) is 0.636. The van der Waals surface area contributed by atoms with Gasteiger partial charge in [0.1, 0.15) is 19.2 Å². The number of piperidine rings is 1. The van der Waals surface area contributed by atoms with Gasteiger partial charge in [-0.1, -0.05) is 42.0 Å². The van der Waals surface area contributed by atoms with Crippen LogP contribution in [0.1, 0.15) is 44.6 Å². The fourth-order valence-electron chi connectivity index (χ4n) is 5.22. The summed E-state index contributed by atoms with van der Waals surface area (Å²) in [5.74, 6) is 1.45. The summed E-state index contributed by atoms with van der Waals surface area (Å²) >= 11 is 0. The maximum absolute atomic E-state index is 6.42. The van der Waals surface area contributed by atoms with Crippen molar-refractivity contribution in [2.75, 3.05) is 26.2 Å². The van der Waals surface area contributed by atoms with Crippen LogP contribution in [-0.4, -0.2) is 36.8 Å². The van der Waals surface area contributed by atoms with E-state index < -0.39 is 0 Å². The second kappa shape index (κ2) is 7.01. The summed E-state index contributed by atoms with van der Waals surface area (Å²) in [5, 5.41) is 0. The highest BCUT2D eigenvalue weighted by Gasteiger charge is 2.41. The zero-order valence-corrected chi connectivity index (χ0v) is 15.1. The molecule has 0 spiro atoms. The average molecular weight is 327 g/mol. The maximum atomic E-state index is 6.42. The van der Waals surface area contributed by atoms with Gasteiger partial charge in [-0.25, -0.2) is 0 Å². The van der Waals surface area contributed by atoms with E-state index in [1.165, 1.54) is 68.3 Å². The first-order chi connectivity index (χ1) is 11.7. The summed E-state index contributed by atoms with van der Waals surface area (Å²) in [5.41, 5.74) is 3.08. The lowest BCUT2D eigenvalue weighted by molar-refractivity contribution is -0.948. The largest absolute Gasteiger partial charge is 0.371 e. The minimum absolute atomic E-state index is 0.430. The van der Waals surface area contributed by atoms with E-state index in [1.54, 1.807) is 5.57 Å². The molecule has 0 aromatic heterocycles. The van der Waals surface area contributed by atoms with Gasteiger partial charge in [-0.2, -0.15) is 0 Å². The number of rotatable bonds is 4. The van der Waals surface area contributed by atoms with E-state index in [4.69, 9.17) is 4.74 Å². The Labute approximate surface area is 147 Å². The lowest BCUT2D eigenvalue weighted by Gasteiger charge is -2.47. The van der Waals surface area contributed by atoms with E-state index in [0.717, 1.165) is 12.5 Å². The average Bonchev–Trinajstić information content (AvgIpc) is 2.62. The van der Waals surface area contributed by atoms with Crippen molar-refractivity contribution < 1.29 is 9.22 Å². The quantitative estimate of drug-likeness (QED) is 0.582. The third-order valence-corrected chi connectivity index (χ3v) is 6.63. The molecule has 2 fully saturated rings. The van der Waals surface area contributed by atoms with Crippen LogP contribution < -0.4 is 0 Å². The van der Waals surface area contributed by atoms with Gasteiger partial charge in [0.05, 0.1) is 19.7 Å². The first-order valence-electron chi connectivity index (χ1n) is 9.91. The topological polar surface area (TPSA) is 9.23 Å². The molecule has 1 aromatic carbocycles. The summed E-state index contributed by atoms with van der Waals surface area (Å²) in [6.07, 6.45) is 9.68. The molecule has 1 aromatic rings. The molecular formula is C22H32NO+. The van der Waals surface area contributed by atoms with Gasteiger partial charge in [-0.05, 0) is 44.9 Å². The summed E-state index contributed by atoms with van der Waals surface area (Å²) in [6.45, 7) is 8.36. The summed E-state index contributed by atoms with van der Waals surface area (Å²) in [7, 11) is 0. The van der Waals surface area contributed by atoms with Gasteiger partial charge in [0.15, 0.2) is 0 Å². The third kappa shape index (κ3) is 3.45. The Kier molecular flexibility index (Phi) is 4.78. The van der Waals surface area contributed by atoms with Crippen molar-refractivity contribution in [1.29, 1.82) is 0 Å². The van der Waals surface area contributed by atoms with Crippen LogP contribution in [0.25, 0.3) is 0 Å². The summed E-state index contributed by atoms with van der Waals surface area (Å²) < 4.78 is 7.66. The zero-order valence-electron chi connectivity index (χ0n) is 15.1. The molecule has 2 nitrogen and oxygen atoms in total. The Hall–Kier alpha value is -1.12. The smallest absolute Gasteiger partial charge is 0.113 e. The number of fused-ring (bicyclic) bond motifs is 2. The molecule has 2 heterocycles. The Morgan fingerprint density at radius 2 is 1.88 bits per heavy atom. The highest BCUT2D eigenvalue weighted by molar-refractivity contribution is 5.14. The van der Waals surface area contributed by atoms with E-state index in [-0.39, 0.29) is 0 Å². The molecule has 3 aliphatic rings. The molecule has 0 unspecified atom stereocenters. The first-order valence-corrected chi connectivity index (χ1v) is 9.91. The van der Waals surface area contributed by atoms with Crippen molar-refractivity contribution in [3.05, 3.63) is 47.5 Å². The molecule has 0 saturated carbocycles. The zero-order chi connectivity index (χ0) is 16.4. The summed E-state index contributed by atoms with van der Waals surface area (Å²) in [4.78, 5) is 0. The maximum Gasteiger partial charge on any atom is 0.113 e. The van der Waals surface area contributed by atoms with Crippen molar-refractivity contribution in [2.24, 2.45) is 11.8 Å². The van der Waals surface area contributed by atoms with Gasteiger partial charge in [-0.15, -0.1) is 0 Å². The van der Waals surface area contributed by atoms with Crippen LogP contribution in [0, 0.1) is 11.8 Å². The monoisotopic (exact) mass is 326 g/mol. The van der Waals surface area contributed by atoms with Gasteiger partial charge in [0.25, 0.3) is 0 Å². The number of hydrogen-bond acceptors (Lipinski definition) is 1. The normalized spacial score (nSPS) is 32.2. The van der Waals surface area contributed by atoms with Crippen LogP contribution >= 0.6 is 0 Å². The molecule has 2 aliphatic heterocycles. The molecule has 0 radical (unpaired) electrons. The molecule has 2 bridgehead atoms. The Balaban J connectivity index is 1.53. The Morgan fingerprint density at radius 3 is 2.67 bits per heavy atom. The van der Waals surface area contributed by atoms with Crippen molar-refractivity contribution in [3.63, 3.8) is 0 Å². The van der Waals surface area contributed by atoms with E-state index in [1.807, 2.05) is 0 Å². The lowest BCUT2D eigenvalue weighted by atomic mass is 9.76. The van der Waals surface area contributed by atoms with Crippen molar-refractivity contribution in [1.82, 2.24) is 0 Å². The molecule has 3 atom stereocenters. The third-order valence-electron chi connectivity index (χ3n) is 6.63. The van der Waals surface area contributed by atoms with E-state index in [9.17, 15) is 0 Å². The molecule has 0 amide bonds. The molecule has 2 heteroatoms. The highest BCUT2D eigenvalue weighted by atomic mass is 16.5. The minimum Gasteiger partial charge on any atom is -0.371 e. The van der Waals surface area contributed by atoms with E-state index in [2.05, 4.69) is 43.3 Å². The fourth-order valence-corrected chi connectivity index (χ4v) is 5.22. The molecule has 2 saturated heterocycles. The predicted molar refractivity (Wildman–Crippen MR) is 98.6 cm³/mol. The van der Waals surface area contributed by atoms with Crippen molar-refractivity contribution in [2.45, 2.75) is 51.7 Å². The minimum atomic E-state index is 0.430. The number of quaternary nitrogens is 1. The highest BCUT2D eigenvalue weighted by Crippen LogP contribution is 2.38. The second-order valence-electron chi connectivity index (χ2n) is 8.44. The van der Waals surface area contributed by atoms with Gasteiger partial charge >= 0.3 is 0 Å². The second-order valence-corrected chi connectivity index (χ2v) is 8.44. The van der Waals surface area contributed by atoms with Crippen LogP contribution in [-0.2, 0) is 11.3 Å². The van der Waals surface area contributed by atoms with Crippen LogP contribution in [0.3, 0.4) is 0 Å². The standard InChI is InChI=1S/C22H32NO/c1-18-10-11-20-14-21(18)22(24-17-20)16-23(12-6-3-7-13-23)15-19-8-4-2-5-9-19/h2,4-5,8-10,20-22H,3,6-7,11-17H2,1H3/q+1/t20-,21-,22+/m0/s1. The van der Waals surface area contributed by atoms with Crippen LogP contribution in [0.2, 0.25) is 0 Å². The van der Waals surface area contributed by atoms with E-state index >= 15 is 0 Å². The van der Waals surface area contributed by atoms with Gasteiger partial charge in [-0.3, -0.25) is 0 Å². The molecule has 4 rings (SSSR count).